The third-order valence-corrected chi connectivity index (χ3v) is 9.67. The SMILES string of the molecule is CCCC[C](CCCC)(CCCC)[Sn][c]1cnccc1F. The van der Waals surface area contributed by atoms with Crippen LogP contribution < -0.4 is 3.58 Å². The zero-order valence-electron chi connectivity index (χ0n) is 13.9. The van der Waals surface area contributed by atoms with Gasteiger partial charge >= 0.3 is 140 Å². The molecule has 1 rings (SSSR count). The van der Waals surface area contributed by atoms with E-state index in [1.54, 1.807) is 18.5 Å². The molecule has 1 heterocycles. The van der Waals surface area contributed by atoms with Crippen molar-refractivity contribution in [1.82, 2.24) is 4.98 Å². The van der Waals surface area contributed by atoms with Gasteiger partial charge in [-0.1, -0.05) is 0 Å². The number of halogens is 1. The van der Waals surface area contributed by atoms with Gasteiger partial charge in [0.05, 0.1) is 0 Å². The second-order valence-corrected chi connectivity index (χ2v) is 11.3. The third-order valence-electron chi connectivity index (χ3n) is 4.19. The Morgan fingerprint density at radius 1 is 1.00 bits per heavy atom. The molecule has 0 saturated heterocycles. The van der Waals surface area contributed by atoms with Gasteiger partial charge in [-0.25, -0.2) is 0 Å². The quantitative estimate of drug-likeness (QED) is 0.463. The van der Waals surface area contributed by atoms with Crippen LogP contribution in [0.1, 0.15) is 78.6 Å². The van der Waals surface area contributed by atoms with Gasteiger partial charge < -0.3 is 0 Å². The summed E-state index contributed by atoms with van der Waals surface area (Å²) in [5.41, 5.74) is 0. The second-order valence-electron chi connectivity index (χ2n) is 6.07. The molecule has 0 aliphatic carbocycles. The second kappa shape index (κ2) is 10.6. The topological polar surface area (TPSA) is 12.9 Å². The van der Waals surface area contributed by atoms with Gasteiger partial charge in [-0.3, -0.25) is 0 Å². The Bertz CT molecular complexity index is 373. The van der Waals surface area contributed by atoms with Crippen LogP contribution in [0.2, 0.25) is 3.43 Å². The van der Waals surface area contributed by atoms with E-state index in [0.717, 1.165) is 3.58 Å². The minimum atomic E-state index is -0.964. The van der Waals surface area contributed by atoms with Crippen LogP contribution in [0.5, 0.6) is 0 Å². The first kappa shape index (κ1) is 18.9. The Morgan fingerprint density at radius 2 is 1.52 bits per heavy atom. The van der Waals surface area contributed by atoms with E-state index in [-0.39, 0.29) is 5.82 Å². The van der Waals surface area contributed by atoms with Gasteiger partial charge in [0.2, 0.25) is 0 Å². The summed E-state index contributed by atoms with van der Waals surface area (Å²) < 4.78 is 15.5. The van der Waals surface area contributed by atoms with Crippen LogP contribution >= 0.6 is 0 Å². The molecule has 3 heteroatoms. The predicted octanol–water partition coefficient (Wildman–Crippen LogP) is 5.28. The summed E-state index contributed by atoms with van der Waals surface area (Å²) in [5.74, 6) is -0.00882. The average molecular weight is 398 g/mol. The van der Waals surface area contributed by atoms with Crippen LogP contribution in [0, 0.1) is 5.82 Å². The van der Waals surface area contributed by atoms with Crippen molar-refractivity contribution in [3.63, 3.8) is 0 Å². The van der Waals surface area contributed by atoms with Crippen LogP contribution in [0.25, 0.3) is 0 Å². The van der Waals surface area contributed by atoms with E-state index >= 15 is 0 Å². The van der Waals surface area contributed by atoms with Crippen molar-refractivity contribution >= 4 is 24.7 Å². The molecule has 0 atom stereocenters. The summed E-state index contributed by atoms with van der Waals surface area (Å²) in [5, 5.41) is 0. The number of hydrogen-bond acceptors (Lipinski definition) is 1. The third kappa shape index (κ3) is 6.66. The summed E-state index contributed by atoms with van der Waals surface area (Å²) >= 11 is -0.964. The van der Waals surface area contributed by atoms with Crippen LogP contribution in [0.4, 0.5) is 4.39 Å². The van der Waals surface area contributed by atoms with Gasteiger partial charge in [0.15, 0.2) is 0 Å². The standard InChI is InChI=1S/C13H27.C5H3FN.Sn/c1-4-7-10-13(11-8-5-2)12-9-6-3;6-5-1-3-7-4-2-5;/h4-12H2,1-3H3;1,3-4H;. The fourth-order valence-electron chi connectivity index (χ4n) is 2.86. The summed E-state index contributed by atoms with van der Waals surface area (Å²) in [6.45, 7) is 6.79. The van der Waals surface area contributed by atoms with E-state index < -0.39 is 21.1 Å². The molecular weight excluding hydrogens is 368 g/mol. The molecular formula is C18H30FNSn. The molecule has 0 spiro atoms. The fourth-order valence-corrected chi connectivity index (χ4v) is 8.05. The number of hydrogen-bond donors (Lipinski definition) is 0. The zero-order valence-corrected chi connectivity index (χ0v) is 16.8. The van der Waals surface area contributed by atoms with Gasteiger partial charge in [0.1, 0.15) is 0 Å². The molecule has 21 heavy (non-hydrogen) atoms. The Kier molecular flexibility index (Phi) is 9.53. The van der Waals surface area contributed by atoms with E-state index in [2.05, 4.69) is 25.8 Å². The molecule has 1 aromatic heterocycles. The Balaban J connectivity index is 2.92. The van der Waals surface area contributed by atoms with Crippen molar-refractivity contribution in [2.75, 3.05) is 0 Å². The van der Waals surface area contributed by atoms with Crippen molar-refractivity contribution < 1.29 is 4.39 Å². The first-order valence-electron chi connectivity index (χ1n) is 8.55. The molecule has 1 nitrogen and oxygen atoms in total. The Hall–Kier alpha value is -0.121. The van der Waals surface area contributed by atoms with Crippen molar-refractivity contribution in [2.45, 2.75) is 82.0 Å². The number of pyridine rings is 1. The van der Waals surface area contributed by atoms with E-state index in [9.17, 15) is 4.39 Å². The van der Waals surface area contributed by atoms with E-state index in [0.29, 0.717) is 3.43 Å². The average Bonchev–Trinajstić information content (AvgIpc) is 2.51. The maximum atomic E-state index is 14.1. The summed E-state index contributed by atoms with van der Waals surface area (Å²) in [7, 11) is 0. The number of unbranched alkanes of at least 4 members (excludes halogenated alkanes) is 3. The predicted molar refractivity (Wildman–Crippen MR) is 90.9 cm³/mol. The molecule has 0 amide bonds. The summed E-state index contributed by atoms with van der Waals surface area (Å²) in [4.78, 5) is 4.17. The van der Waals surface area contributed by atoms with Crippen molar-refractivity contribution in [3.05, 3.63) is 24.3 Å². The van der Waals surface area contributed by atoms with Crippen LogP contribution in [-0.2, 0) is 0 Å². The van der Waals surface area contributed by atoms with E-state index in [4.69, 9.17) is 0 Å². The molecule has 0 fully saturated rings. The van der Waals surface area contributed by atoms with Gasteiger partial charge in [0.25, 0.3) is 0 Å². The van der Waals surface area contributed by atoms with Crippen molar-refractivity contribution in [1.29, 1.82) is 0 Å². The van der Waals surface area contributed by atoms with E-state index in [1.807, 2.05) is 0 Å². The molecule has 0 N–H and O–H groups in total. The van der Waals surface area contributed by atoms with Gasteiger partial charge in [-0.15, -0.1) is 0 Å². The first-order chi connectivity index (χ1) is 10.2. The minimum absolute atomic E-state index is 0.00882. The molecule has 0 bridgehead atoms. The molecule has 0 saturated carbocycles. The number of rotatable bonds is 11. The summed E-state index contributed by atoms with van der Waals surface area (Å²) in [6.07, 6.45) is 14.9. The molecule has 0 unspecified atom stereocenters. The number of aromatic nitrogens is 1. The number of nitrogens with zero attached hydrogens (tertiary/aromatic N) is 1. The Labute approximate surface area is 140 Å². The normalized spacial score (nSPS) is 11.8. The monoisotopic (exact) mass is 399 g/mol. The van der Waals surface area contributed by atoms with E-state index in [1.165, 1.54) is 57.8 Å². The molecule has 0 aromatic carbocycles. The summed E-state index contributed by atoms with van der Waals surface area (Å²) in [6, 6.07) is 1.54. The van der Waals surface area contributed by atoms with Crippen LogP contribution in [0.15, 0.2) is 18.5 Å². The molecule has 118 valence electrons. The molecule has 2 radical (unpaired) electrons. The van der Waals surface area contributed by atoms with Crippen molar-refractivity contribution in [2.24, 2.45) is 0 Å². The zero-order chi connectivity index (χ0) is 15.6. The molecule has 0 aliphatic rings. The van der Waals surface area contributed by atoms with Crippen LogP contribution in [0.3, 0.4) is 0 Å². The van der Waals surface area contributed by atoms with Gasteiger partial charge in [-0.2, -0.15) is 0 Å². The Morgan fingerprint density at radius 3 is 1.95 bits per heavy atom. The maximum absolute atomic E-state index is 14.1. The van der Waals surface area contributed by atoms with Crippen LogP contribution in [-0.4, -0.2) is 26.1 Å². The van der Waals surface area contributed by atoms with Gasteiger partial charge in [-0.05, 0) is 0 Å². The first-order valence-corrected chi connectivity index (χ1v) is 11.4. The molecule has 0 aliphatic heterocycles. The van der Waals surface area contributed by atoms with Gasteiger partial charge in [0, 0.05) is 0 Å². The molecule has 1 aromatic rings. The fraction of sp³-hybridized carbons (Fsp3) is 0.722. The van der Waals surface area contributed by atoms with Crippen molar-refractivity contribution in [3.8, 4) is 0 Å².